The van der Waals surface area contributed by atoms with Crippen molar-refractivity contribution in [1.29, 1.82) is 0 Å². The SMILES string of the molecule is O=C(Cc1nc(-c2ccc([N+](=O)[O-])cc2)n[nH]1)NCc1ccncc1. The molecule has 1 amide bonds. The molecule has 25 heavy (non-hydrogen) atoms. The first-order chi connectivity index (χ1) is 12.1. The van der Waals surface area contributed by atoms with E-state index in [9.17, 15) is 14.9 Å². The Morgan fingerprint density at radius 1 is 1.16 bits per heavy atom. The van der Waals surface area contributed by atoms with Gasteiger partial charge in [0.05, 0.1) is 11.3 Å². The molecule has 2 aromatic heterocycles. The lowest BCUT2D eigenvalue weighted by Crippen LogP contribution is -2.25. The molecule has 0 aliphatic rings. The highest BCUT2D eigenvalue weighted by Gasteiger charge is 2.11. The fourth-order valence-corrected chi connectivity index (χ4v) is 2.15. The average Bonchev–Trinajstić information content (AvgIpc) is 3.09. The molecule has 0 unspecified atom stereocenters. The second kappa shape index (κ2) is 7.30. The third-order valence-electron chi connectivity index (χ3n) is 3.44. The van der Waals surface area contributed by atoms with E-state index in [2.05, 4.69) is 25.5 Å². The molecule has 0 aliphatic heterocycles. The van der Waals surface area contributed by atoms with E-state index in [1.165, 1.54) is 12.1 Å². The molecule has 3 aromatic rings. The van der Waals surface area contributed by atoms with Crippen molar-refractivity contribution < 1.29 is 9.72 Å². The van der Waals surface area contributed by atoms with Crippen LogP contribution in [-0.4, -0.2) is 31.0 Å². The molecule has 0 aliphatic carbocycles. The number of carbonyl (C=O) groups excluding carboxylic acids is 1. The highest BCUT2D eigenvalue weighted by molar-refractivity contribution is 5.77. The third kappa shape index (κ3) is 4.22. The van der Waals surface area contributed by atoms with Gasteiger partial charge in [-0.05, 0) is 29.8 Å². The fraction of sp³-hybridized carbons (Fsp3) is 0.125. The molecule has 0 fully saturated rings. The Hall–Kier alpha value is -3.62. The van der Waals surface area contributed by atoms with E-state index in [1.807, 2.05) is 12.1 Å². The van der Waals surface area contributed by atoms with Crippen molar-refractivity contribution in [2.45, 2.75) is 13.0 Å². The molecule has 2 heterocycles. The first-order valence-electron chi connectivity index (χ1n) is 7.43. The number of rotatable bonds is 6. The van der Waals surface area contributed by atoms with Crippen LogP contribution in [0.2, 0.25) is 0 Å². The fourth-order valence-electron chi connectivity index (χ4n) is 2.15. The van der Waals surface area contributed by atoms with Crippen molar-refractivity contribution in [3.05, 3.63) is 70.3 Å². The van der Waals surface area contributed by atoms with E-state index < -0.39 is 4.92 Å². The van der Waals surface area contributed by atoms with Crippen LogP contribution in [0.4, 0.5) is 5.69 Å². The van der Waals surface area contributed by atoms with Gasteiger partial charge in [0, 0.05) is 36.6 Å². The number of H-pyrrole nitrogens is 1. The van der Waals surface area contributed by atoms with Crippen molar-refractivity contribution in [3.8, 4) is 11.4 Å². The number of aromatic amines is 1. The Morgan fingerprint density at radius 3 is 2.56 bits per heavy atom. The molecule has 0 saturated heterocycles. The number of nitro benzene ring substituents is 1. The first-order valence-corrected chi connectivity index (χ1v) is 7.43. The van der Waals surface area contributed by atoms with Crippen molar-refractivity contribution >= 4 is 11.6 Å². The smallest absolute Gasteiger partial charge is 0.269 e. The Bertz CT molecular complexity index is 876. The Balaban J connectivity index is 1.59. The zero-order chi connectivity index (χ0) is 17.6. The van der Waals surface area contributed by atoms with Crippen molar-refractivity contribution in [2.24, 2.45) is 0 Å². The highest BCUT2D eigenvalue weighted by Crippen LogP contribution is 2.19. The van der Waals surface area contributed by atoms with Crippen LogP contribution in [0.3, 0.4) is 0 Å². The van der Waals surface area contributed by atoms with Crippen LogP contribution in [0.25, 0.3) is 11.4 Å². The van der Waals surface area contributed by atoms with E-state index in [4.69, 9.17) is 0 Å². The largest absolute Gasteiger partial charge is 0.352 e. The molecule has 3 rings (SSSR count). The molecule has 0 saturated carbocycles. The predicted molar refractivity (Wildman–Crippen MR) is 88.3 cm³/mol. The summed E-state index contributed by atoms with van der Waals surface area (Å²) in [5, 5.41) is 20.2. The van der Waals surface area contributed by atoms with Crippen molar-refractivity contribution in [3.63, 3.8) is 0 Å². The molecule has 0 radical (unpaired) electrons. The van der Waals surface area contributed by atoms with Gasteiger partial charge in [-0.3, -0.25) is 25.0 Å². The zero-order valence-electron chi connectivity index (χ0n) is 13.0. The number of carbonyl (C=O) groups is 1. The molecule has 9 heteroatoms. The van der Waals surface area contributed by atoms with E-state index >= 15 is 0 Å². The third-order valence-corrected chi connectivity index (χ3v) is 3.44. The lowest BCUT2D eigenvalue weighted by Gasteiger charge is -2.03. The van der Waals surface area contributed by atoms with Crippen LogP contribution >= 0.6 is 0 Å². The van der Waals surface area contributed by atoms with Crippen LogP contribution in [0.15, 0.2) is 48.8 Å². The highest BCUT2D eigenvalue weighted by atomic mass is 16.6. The first kappa shape index (κ1) is 16.2. The number of benzene rings is 1. The number of nitro groups is 1. The van der Waals surface area contributed by atoms with Gasteiger partial charge in [-0.1, -0.05) is 0 Å². The second-order valence-corrected chi connectivity index (χ2v) is 5.22. The molecular weight excluding hydrogens is 324 g/mol. The number of hydrogen-bond donors (Lipinski definition) is 2. The quantitative estimate of drug-likeness (QED) is 0.519. The maximum absolute atomic E-state index is 12.0. The lowest BCUT2D eigenvalue weighted by atomic mass is 10.2. The van der Waals surface area contributed by atoms with Gasteiger partial charge in [0.2, 0.25) is 5.91 Å². The van der Waals surface area contributed by atoms with Gasteiger partial charge in [0.15, 0.2) is 5.82 Å². The molecular formula is C16H14N6O3. The summed E-state index contributed by atoms with van der Waals surface area (Å²) < 4.78 is 0. The predicted octanol–water partition coefficient (Wildman–Crippen LogP) is 1.63. The van der Waals surface area contributed by atoms with Crippen molar-refractivity contribution in [1.82, 2.24) is 25.5 Å². The number of hydrogen-bond acceptors (Lipinski definition) is 6. The Morgan fingerprint density at radius 2 is 1.88 bits per heavy atom. The van der Waals surface area contributed by atoms with Crippen molar-refractivity contribution in [2.75, 3.05) is 0 Å². The molecule has 1 aromatic carbocycles. The van der Waals surface area contributed by atoms with E-state index in [-0.39, 0.29) is 18.0 Å². The summed E-state index contributed by atoms with van der Waals surface area (Å²) in [5.74, 6) is 0.607. The topological polar surface area (TPSA) is 127 Å². The normalized spacial score (nSPS) is 10.4. The Labute approximate surface area is 142 Å². The molecule has 9 nitrogen and oxygen atoms in total. The number of pyridine rings is 1. The van der Waals surface area contributed by atoms with Gasteiger partial charge >= 0.3 is 0 Å². The summed E-state index contributed by atoms with van der Waals surface area (Å²) >= 11 is 0. The van der Waals surface area contributed by atoms with Crippen LogP contribution in [0, 0.1) is 10.1 Å². The number of nitrogens with one attached hydrogen (secondary N) is 2. The molecule has 0 spiro atoms. The molecule has 0 atom stereocenters. The molecule has 126 valence electrons. The van der Waals surface area contributed by atoms with Crippen LogP contribution in [0.1, 0.15) is 11.4 Å². The summed E-state index contributed by atoms with van der Waals surface area (Å²) in [4.78, 5) is 30.3. The van der Waals surface area contributed by atoms with Crippen LogP contribution in [-0.2, 0) is 17.8 Å². The van der Waals surface area contributed by atoms with Gasteiger partial charge < -0.3 is 5.32 Å². The van der Waals surface area contributed by atoms with Crippen LogP contribution in [0.5, 0.6) is 0 Å². The van der Waals surface area contributed by atoms with Gasteiger partial charge in [-0.15, -0.1) is 0 Å². The standard InChI is InChI=1S/C16H14N6O3/c23-15(18-10-11-5-7-17-8-6-11)9-14-19-16(21-20-14)12-1-3-13(4-2-12)22(24)25/h1-8H,9-10H2,(H,18,23)(H,19,20,21). The minimum Gasteiger partial charge on any atom is -0.352 e. The number of nitrogens with zero attached hydrogens (tertiary/aromatic N) is 4. The molecule has 0 bridgehead atoms. The van der Waals surface area contributed by atoms with Gasteiger partial charge in [0.1, 0.15) is 5.82 Å². The number of aromatic nitrogens is 4. The average molecular weight is 338 g/mol. The summed E-state index contributed by atoms with van der Waals surface area (Å²) in [6.07, 6.45) is 3.38. The van der Waals surface area contributed by atoms with E-state index in [0.29, 0.717) is 23.8 Å². The molecule has 2 N–H and O–H groups in total. The van der Waals surface area contributed by atoms with Gasteiger partial charge in [-0.25, -0.2) is 4.98 Å². The minimum absolute atomic E-state index is 0.00463. The number of amides is 1. The maximum atomic E-state index is 12.0. The Kier molecular flexibility index (Phi) is 4.74. The number of non-ortho nitro benzene ring substituents is 1. The van der Waals surface area contributed by atoms with Gasteiger partial charge in [0.25, 0.3) is 5.69 Å². The summed E-state index contributed by atoms with van der Waals surface area (Å²) in [5.41, 5.74) is 1.58. The zero-order valence-corrected chi connectivity index (χ0v) is 13.0. The lowest BCUT2D eigenvalue weighted by molar-refractivity contribution is -0.384. The minimum atomic E-state index is -0.472. The summed E-state index contributed by atoms with van der Waals surface area (Å²) in [7, 11) is 0. The van der Waals surface area contributed by atoms with Gasteiger partial charge in [-0.2, -0.15) is 5.10 Å². The summed E-state index contributed by atoms with van der Waals surface area (Å²) in [6.45, 7) is 0.407. The maximum Gasteiger partial charge on any atom is 0.269 e. The van der Waals surface area contributed by atoms with E-state index in [0.717, 1.165) is 5.56 Å². The van der Waals surface area contributed by atoms with E-state index in [1.54, 1.807) is 24.5 Å². The summed E-state index contributed by atoms with van der Waals surface area (Å²) in [6, 6.07) is 9.53. The second-order valence-electron chi connectivity index (χ2n) is 5.22. The van der Waals surface area contributed by atoms with Crippen LogP contribution < -0.4 is 5.32 Å². The monoisotopic (exact) mass is 338 g/mol.